The zero-order valence-electron chi connectivity index (χ0n) is 13.2. The van der Waals surface area contributed by atoms with Gasteiger partial charge in [0.25, 0.3) is 0 Å². The third-order valence-corrected chi connectivity index (χ3v) is 5.03. The van der Waals surface area contributed by atoms with E-state index in [0.29, 0.717) is 0 Å². The number of nitrogen functional groups attached to an aromatic ring is 1. The Morgan fingerprint density at radius 1 is 1.19 bits per heavy atom. The van der Waals surface area contributed by atoms with Crippen LogP contribution >= 0.6 is 0 Å². The highest BCUT2D eigenvalue weighted by molar-refractivity contribution is 5.63. The van der Waals surface area contributed by atoms with Gasteiger partial charge in [-0.1, -0.05) is 19.8 Å². The summed E-state index contributed by atoms with van der Waals surface area (Å²) >= 11 is 0. The van der Waals surface area contributed by atoms with E-state index in [1.54, 1.807) is 0 Å². The first-order chi connectivity index (χ1) is 10.3. The van der Waals surface area contributed by atoms with Crippen LogP contribution in [0.5, 0.6) is 5.75 Å². The quantitative estimate of drug-likeness (QED) is 0.843. The number of ether oxygens (including phenoxy) is 1. The van der Waals surface area contributed by atoms with Crippen molar-refractivity contribution in [3.63, 3.8) is 0 Å². The van der Waals surface area contributed by atoms with Crippen molar-refractivity contribution in [2.75, 3.05) is 23.8 Å². The molecule has 1 aromatic rings. The Bertz CT molecular complexity index is 472. The highest BCUT2D eigenvalue weighted by Gasteiger charge is 2.33. The second-order valence-electron chi connectivity index (χ2n) is 6.52. The molecule has 0 amide bonds. The van der Waals surface area contributed by atoms with Crippen LogP contribution in [0, 0.1) is 5.92 Å². The molecular weight excluding hydrogens is 260 g/mol. The molecule has 2 fully saturated rings. The normalized spacial score (nSPS) is 25.5. The van der Waals surface area contributed by atoms with Crippen LogP contribution in [-0.2, 0) is 0 Å². The molecule has 2 aliphatic rings. The van der Waals surface area contributed by atoms with Crippen molar-refractivity contribution in [3.05, 3.63) is 18.2 Å². The number of hydrogen-bond acceptors (Lipinski definition) is 3. The molecule has 1 aromatic carbocycles. The predicted molar refractivity (Wildman–Crippen MR) is 89.0 cm³/mol. The number of fused-ring (bicyclic) bond motifs is 1. The number of nitrogens with zero attached hydrogens (tertiary/aromatic N) is 1. The van der Waals surface area contributed by atoms with Crippen LogP contribution in [0.1, 0.15) is 51.9 Å². The van der Waals surface area contributed by atoms with Crippen LogP contribution in [0.2, 0.25) is 0 Å². The number of rotatable bonds is 4. The molecule has 1 saturated heterocycles. The van der Waals surface area contributed by atoms with Crippen molar-refractivity contribution >= 4 is 11.4 Å². The van der Waals surface area contributed by atoms with Crippen molar-refractivity contribution in [1.29, 1.82) is 0 Å². The van der Waals surface area contributed by atoms with Crippen molar-refractivity contribution in [3.8, 4) is 5.75 Å². The molecule has 1 aliphatic carbocycles. The minimum atomic E-state index is 0.732. The van der Waals surface area contributed by atoms with Gasteiger partial charge in [0.2, 0.25) is 0 Å². The monoisotopic (exact) mass is 288 g/mol. The average Bonchev–Trinajstić information content (AvgIpc) is 2.54. The van der Waals surface area contributed by atoms with E-state index >= 15 is 0 Å². The first-order valence-electron chi connectivity index (χ1n) is 8.58. The van der Waals surface area contributed by atoms with Gasteiger partial charge >= 0.3 is 0 Å². The minimum Gasteiger partial charge on any atom is -0.491 e. The second-order valence-corrected chi connectivity index (χ2v) is 6.52. The Morgan fingerprint density at radius 3 is 2.86 bits per heavy atom. The summed E-state index contributed by atoms with van der Waals surface area (Å²) < 4.78 is 5.80. The second kappa shape index (κ2) is 6.59. The standard InChI is InChI=1S/C18H28N2O/c1-2-12-21-18-13-15(9-10-16(18)19)20-11-5-7-14-6-3-4-8-17(14)20/h9-10,13-14,17H,2-8,11-12,19H2,1H3. The minimum absolute atomic E-state index is 0.732. The highest BCUT2D eigenvalue weighted by atomic mass is 16.5. The number of piperidine rings is 1. The Morgan fingerprint density at radius 2 is 2.00 bits per heavy atom. The summed E-state index contributed by atoms with van der Waals surface area (Å²) in [6.45, 7) is 4.04. The molecule has 2 N–H and O–H groups in total. The van der Waals surface area contributed by atoms with E-state index in [1.807, 2.05) is 6.07 Å². The average molecular weight is 288 g/mol. The molecule has 0 bridgehead atoms. The third-order valence-electron chi connectivity index (χ3n) is 5.03. The lowest BCUT2D eigenvalue weighted by molar-refractivity contribution is 0.243. The van der Waals surface area contributed by atoms with Crippen molar-refractivity contribution in [2.45, 2.75) is 57.9 Å². The van der Waals surface area contributed by atoms with Gasteiger partial charge in [-0.15, -0.1) is 0 Å². The molecule has 3 rings (SSSR count). The summed E-state index contributed by atoms with van der Waals surface area (Å²) in [5.74, 6) is 1.75. The number of hydrogen-bond donors (Lipinski definition) is 1. The molecular formula is C18H28N2O. The first kappa shape index (κ1) is 14.6. The van der Waals surface area contributed by atoms with Gasteiger partial charge in [0.05, 0.1) is 12.3 Å². The predicted octanol–water partition coefficient (Wildman–Crippen LogP) is 4.22. The van der Waals surface area contributed by atoms with Gasteiger partial charge in [0, 0.05) is 24.3 Å². The van der Waals surface area contributed by atoms with Gasteiger partial charge in [-0.05, 0) is 50.2 Å². The summed E-state index contributed by atoms with van der Waals surface area (Å²) in [7, 11) is 0. The van der Waals surface area contributed by atoms with Crippen LogP contribution in [0.4, 0.5) is 11.4 Å². The van der Waals surface area contributed by atoms with Crippen molar-refractivity contribution in [2.24, 2.45) is 5.92 Å². The van der Waals surface area contributed by atoms with Gasteiger partial charge in [-0.3, -0.25) is 0 Å². The fraction of sp³-hybridized carbons (Fsp3) is 0.667. The van der Waals surface area contributed by atoms with Gasteiger partial charge < -0.3 is 15.4 Å². The highest BCUT2D eigenvalue weighted by Crippen LogP contribution is 2.39. The van der Waals surface area contributed by atoms with E-state index in [1.165, 1.54) is 50.8 Å². The molecule has 3 nitrogen and oxygen atoms in total. The molecule has 0 radical (unpaired) electrons. The smallest absolute Gasteiger partial charge is 0.144 e. The van der Waals surface area contributed by atoms with E-state index in [2.05, 4.69) is 24.0 Å². The summed E-state index contributed by atoms with van der Waals surface area (Å²) in [6, 6.07) is 7.06. The SMILES string of the molecule is CCCOc1cc(N2CCCC3CCCCC32)ccc1N. The Labute approximate surface area is 128 Å². The van der Waals surface area contributed by atoms with Crippen LogP contribution in [0.15, 0.2) is 18.2 Å². The molecule has 0 spiro atoms. The van der Waals surface area contributed by atoms with E-state index in [-0.39, 0.29) is 0 Å². The van der Waals surface area contributed by atoms with Crippen molar-refractivity contribution < 1.29 is 4.74 Å². The molecule has 2 atom stereocenters. The maximum absolute atomic E-state index is 6.05. The number of benzene rings is 1. The zero-order chi connectivity index (χ0) is 14.7. The fourth-order valence-corrected chi connectivity index (χ4v) is 3.98. The maximum Gasteiger partial charge on any atom is 0.144 e. The largest absolute Gasteiger partial charge is 0.491 e. The lowest BCUT2D eigenvalue weighted by atomic mass is 9.78. The van der Waals surface area contributed by atoms with E-state index in [4.69, 9.17) is 10.5 Å². The fourth-order valence-electron chi connectivity index (χ4n) is 3.98. The first-order valence-corrected chi connectivity index (χ1v) is 8.58. The van der Waals surface area contributed by atoms with Gasteiger partial charge in [0.15, 0.2) is 0 Å². The molecule has 2 unspecified atom stereocenters. The Hall–Kier alpha value is -1.38. The van der Waals surface area contributed by atoms with Gasteiger partial charge in [-0.25, -0.2) is 0 Å². The van der Waals surface area contributed by atoms with Gasteiger partial charge in [-0.2, -0.15) is 0 Å². The summed E-state index contributed by atoms with van der Waals surface area (Å²) in [4.78, 5) is 2.62. The third kappa shape index (κ3) is 3.12. The van der Waals surface area contributed by atoms with E-state index in [0.717, 1.165) is 36.4 Å². The summed E-state index contributed by atoms with van der Waals surface area (Å²) in [6.07, 6.45) is 9.30. The van der Waals surface area contributed by atoms with Crippen LogP contribution < -0.4 is 15.4 Å². The molecule has 1 heterocycles. The molecule has 1 saturated carbocycles. The van der Waals surface area contributed by atoms with Crippen molar-refractivity contribution in [1.82, 2.24) is 0 Å². The Kier molecular flexibility index (Phi) is 4.57. The number of nitrogens with two attached hydrogens (primary N) is 1. The van der Waals surface area contributed by atoms with E-state index in [9.17, 15) is 0 Å². The zero-order valence-corrected chi connectivity index (χ0v) is 13.2. The lowest BCUT2D eigenvalue weighted by Crippen LogP contribution is -2.46. The molecule has 1 aliphatic heterocycles. The van der Waals surface area contributed by atoms with Crippen LogP contribution in [0.3, 0.4) is 0 Å². The summed E-state index contributed by atoms with van der Waals surface area (Å²) in [5.41, 5.74) is 8.10. The van der Waals surface area contributed by atoms with Crippen LogP contribution in [0.25, 0.3) is 0 Å². The topological polar surface area (TPSA) is 38.5 Å². The molecule has 0 aromatic heterocycles. The van der Waals surface area contributed by atoms with Gasteiger partial charge in [0.1, 0.15) is 5.75 Å². The molecule has 3 heteroatoms. The lowest BCUT2D eigenvalue weighted by Gasteiger charge is -2.45. The number of anilines is 2. The van der Waals surface area contributed by atoms with E-state index < -0.39 is 0 Å². The summed E-state index contributed by atoms with van der Waals surface area (Å²) in [5, 5.41) is 0. The van der Waals surface area contributed by atoms with Crippen LogP contribution in [-0.4, -0.2) is 19.2 Å². The maximum atomic E-state index is 6.05. The molecule has 116 valence electrons. The molecule has 21 heavy (non-hydrogen) atoms. The Balaban J connectivity index is 1.81.